The number of halogens is 1. The van der Waals surface area contributed by atoms with E-state index >= 15 is 0 Å². The van der Waals surface area contributed by atoms with Crippen LogP contribution < -0.4 is 10.6 Å². The number of aromatic nitrogens is 2. The number of rotatable bonds is 5. The molecule has 0 aliphatic heterocycles. The van der Waals surface area contributed by atoms with Crippen LogP contribution in [0.3, 0.4) is 0 Å². The van der Waals surface area contributed by atoms with Gasteiger partial charge in [-0.2, -0.15) is 4.98 Å². The Balaban J connectivity index is 2.17. The summed E-state index contributed by atoms with van der Waals surface area (Å²) in [7, 11) is 0. The first kappa shape index (κ1) is 14.6. The smallest absolute Gasteiger partial charge is 0.225 e. The zero-order chi connectivity index (χ0) is 14.5. The average Bonchev–Trinajstić information content (AvgIpc) is 2.40. The number of aryl methyl sites for hydroxylation is 1. The van der Waals surface area contributed by atoms with E-state index in [1.807, 2.05) is 37.3 Å². The predicted octanol–water partition coefficient (Wildman–Crippen LogP) is 4.39. The van der Waals surface area contributed by atoms with E-state index in [0.29, 0.717) is 17.0 Å². The van der Waals surface area contributed by atoms with Gasteiger partial charge in [-0.25, -0.2) is 4.98 Å². The normalized spacial score (nSPS) is 12.0. The van der Waals surface area contributed by atoms with Crippen molar-refractivity contribution in [2.24, 2.45) is 0 Å². The van der Waals surface area contributed by atoms with Gasteiger partial charge in [0.1, 0.15) is 5.82 Å². The molecule has 2 aromatic rings. The maximum Gasteiger partial charge on any atom is 0.225 e. The minimum atomic E-state index is 0.347. The molecule has 0 amide bonds. The Morgan fingerprint density at radius 3 is 2.55 bits per heavy atom. The Bertz CT molecular complexity index is 569. The fraction of sp³-hybridized carbons (Fsp3) is 0.333. The van der Waals surface area contributed by atoms with Gasteiger partial charge in [0.2, 0.25) is 5.95 Å². The second-order valence-electron chi connectivity index (χ2n) is 4.80. The average molecular weight is 291 g/mol. The standard InChI is InChI=1S/C15H19ClN4/c1-4-10(2)17-15-18-11(3)9-14(20-15)19-13-7-5-12(16)6-8-13/h5-10H,4H2,1-3H3,(H2,17,18,19,20). The fourth-order valence-electron chi connectivity index (χ4n) is 1.70. The van der Waals surface area contributed by atoms with Gasteiger partial charge >= 0.3 is 0 Å². The highest BCUT2D eigenvalue weighted by molar-refractivity contribution is 6.30. The Labute approximate surface area is 124 Å². The van der Waals surface area contributed by atoms with E-state index in [9.17, 15) is 0 Å². The van der Waals surface area contributed by atoms with Gasteiger partial charge in [0.05, 0.1) is 0 Å². The van der Waals surface area contributed by atoms with E-state index < -0.39 is 0 Å². The first-order valence-corrected chi connectivity index (χ1v) is 7.09. The van der Waals surface area contributed by atoms with Crippen LogP contribution in [0.1, 0.15) is 26.0 Å². The third kappa shape index (κ3) is 4.10. The number of nitrogens with one attached hydrogen (secondary N) is 2. The van der Waals surface area contributed by atoms with Gasteiger partial charge in [-0.3, -0.25) is 0 Å². The Morgan fingerprint density at radius 1 is 1.20 bits per heavy atom. The molecule has 2 N–H and O–H groups in total. The summed E-state index contributed by atoms with van der Waals surface area (Å²) in [5.41, 5.74) is 1.87. The molecule has 0 aliphatic rings. The lowest BCUT2D eigenvalue weighted by Gasteiger charge is -2.13. The molecule has 1 heterocycles. The summed E-state index contributed by atoms with van der Waals surface area (Å²) in [5, 5.41) is 7.25. The van der Waals surface area contributed by atoms with Gasteiger partial charge in [-0.05, 0) is 44.5 Å². The lowest BCUT2D eigenvalue weighted by atomic mass is 10.3. The van der Waals surface area contributed by atoms with E-state index in [2.05, 4.69) is 34.4 Å². The van der Waals surface area contributed by atoms with Crippen LogP contribution >= 0.6 is 11.6 Å². The number of nitrogens with zero attached hydrogens (tertiary/aromatic N) is 2. The molecule has 0 radical (unpaired) electrons. The summed E-state index contributed by atoms with van der Waals surface area (Å²) in [5.74, 6) is 1.42. The largest absolute Gasteiger partial charge is 0.352 e. The van der Waals surface area contributed by atoms with Crippen LogP contribution in [0.4, 0.5) is 17.5 Å². The van der Waals surface area contributed by atoms with Gasteiger partial charge in [-0.1, -0.05) is 18.5 Å². The van der Waals surface area contributed by atoms with Crippen LogP contribution in [0, 0.1) is 6.92 Å². The van der Waals surface area contributed by atoms with Crippen LogP contribution in [0.25, 0.3) is 0 Å². The third-order valence-electron chi connectivity index (χ3n) is 2.96. The number of hydrogen-bond donors (Lipinski definition) is 2. The first-order chi connectivity index (χ1) is 9.56. The van der Waals surface area contributed by atoms with E-state index in [1.54, 1.807) is 0 Å². The monoisotopic (exact) mass is 290 g/mol. The molecule has 0 fully saturated rings. The molecule has 1 aromatic heterocycles. The van der Waals surface area contributed by atoms with Crippen molar-refractivity contribution in [1.29, 1.82) is 0 Å². The van der Waals surface area contributed by atoms with Crippen LogP contribution in [-0.4, -0.2) is 16.0 Å². The molecule has 1 aromatic carbocycles. The van der Waals surface area contributed by atoms with Crippen molar-refractivity contribution in [2.45, 2.75) is 33.2 Å². The van der Waals surface area contributed by atoms with Gasteiger partial charge in [0.15, 0.2) is 0 Å². The Kier molecular flexibility index (Phi) is 4.79. The summed E-state index contributed by atoms with van der Waals surface area (Å²) in [6.45, 7) is 6.19. The van der Waals surface area contributed by atoms with E-state index in [-0.39, 0.29) is 0 Å². The highest BCUT2D eigenvalue weighted by Gasteiger charge is 2.05. The number of anilines is 3. The predicted molar refractivity (Wildman–Crippen MR) is 84.9 cm³/mol. The summed E-state index contributed by atoms with van der Waals surface area (Å²) >= 11 is 5.87. The topological polar surface area (TPSA) is 49.8 Å². The molecule has 5 heteroatoms. The fourth-order valence-corrected chi connectivity index (χ4v) is 1.83. The van der Waals surface area contributed by atoms with Crippen molar-refractivity contribution in [1.82, 2.24) is 9.97 Å². The molecule has 0 saturated carbocycles. The zero-order valence-electron chi connectivity index (χ0n) is 11.9. The highest BCUT2D eigenvalue weighted by Crippen LogP contribution is 2.19. The molecule has 2 rings (SSSR count). The van der Waals surface area contributed by atoms with Crippen molar-refractivity contribution in [3.05, 3.63) is 41.0 Å². The quantitative estimate of drug-likeness (QED) is 0.857. The van der Waals surface area contributed by atoms with Gasteiger partial charge in [0, 0.05) is 28.5 Å². The summed E-state index contributed by atoms with van der Waals surface area (Å²) in [4.78, 5) is 8.87. The molecule has 106 valence electrons. The van der Waals surface area contributed by atoms with E-state index in [1.165, 1.54) is 0 Å². The SMILES string of the molecule is CCC(C)Nc1nc(C)cc(Nc2ccc(Cl)cc2)n1. The zero-order valence-corrected chi connectivity index (χ0v) is 12.7. The highest BCUT2D eigenvalue weighted by atomic mass is 35.5. The summed E-state index contributed by atoms with van der Waals surface area (Å²) in [6.07, 6.45) is 1.03. The molecule has 0 bridgehead atoms. The van der Waals surface area contributed by atoms with E-state index in [4.69, 9.17) is 11.6 Å². The molecular weight excluding hydrogens is 272 g/mol. The lowest BCUT2D eigenvalue weighted by Crippen LogP contribution is -2.16. The maximum absolute atomic E-state index is 5.87. The van der Waals surface area contributed by atoms with Crippen molar-refractivity contribution >= 4 is 29.1 Å². The molecule has 0 spiro atoms. The van der Waals surface area contributed by atoms with Gasteiger partial charge in [0.25, 0.3) is 0 Å². The molecule has 1 unspecified atom stereocenters. The molecular formula is C15H19ClN4. The maximum atomic E-state index is 5.87. The van der Waals surface area contributed by atoms with Crippen LogP contribution in [-0.2, 0) is 0 Å². The minimum absolute atomic E-state index is 0.347. The van der Waals surface area contributed by atoms with Gasteiger partial charge < -0.3 is 10.6 Å². The van der Waals surface area contributed by atoms with Crippen molar-refractivity contribution < 1.29 is 0 Å². The second kappa shape index (κ2) is 6.57. The summed E-state index contributed by atoms with van der Waals surface area (Å²) < 4.78 is 0. The van der Waals surface area contributed by atoms with Crippen molar-refractivity contribution in [2.75, 3.05) is 10.6 Å². The number of benzene rings is 1. The van der Waals surface area contributed by atoms with Crippen molar-refractivity contribution in [3.63, 3.8) is 0 Å². The lowest BCUT2D eigenvalue weighted by molar-refractivity contribution is 0.752. The minimum Gasteiger partial charge on any atom is -0.352 e. The van der Waals surface area contributed by atoms with Crippen molar-refractivity contribution in [3.8, 4) is 0 Å². The molecule has 4 nitrogen and oxygen atoms in total. The van der Waals surface area contributed by atoms with Crippen LogP contribution in [0.5, 0.6) is 0 Å². The van der Waals surface area contributed by atoms with Gasteiger partial charge in [-0.15, -0.1) is 0 Å². The Hall–Kier alpha value is -1.81. The second-order valence-corrected chi connectivity index (χ2v) is 5.24. The van der Waals surface area contributed by atoms with Crippen LogP contribution in [0.2, 0.25) is 5.02 Å². The summed E-state index contributed by atoms with van der Waals surface area (Å²) in [6, 6.07) is 9.78. The van der Waals surface area contributed by atoms with Crippen LogP contribution in [0.15, 0.2) is 30.3 Å². The van der Waals surface area contributed by atoms with E-state index in [0.717, 1.165) is 23.6 Å². The molecule has 20 heavy (non-hydrogen) atoms. The molecule has 0 aliphatic carbocycles. The molecule has 1 atom stereocenters. The molecule has 0 saturated heterocycles. The Morgan fingerprint density at radius 2 is 1.90 bits per heavy atom. The number of hydrogen-bond acceptors (Lipinski definition) is 4. The third-order valence-corrected chi connectivity index (χ3v) is 3.21. The first-order valence-electron chi connectivity index (χ1n) is 6.71.